The number of morpholine rings is 1. The molecule has 0 bridgehead atoms. The lowest BCUT2D eigenvalue weighted by atomic mass is 10.2. The largest absolute Gasteiger partial charge is 0.479 e. The van der Waals surface area contributed by atoms with Gasteiger partial charge in [0.05, 0.1) is 17.5 Å². The quantitative estimate of drug-likeness (QED) is 0.899. The smallest absolute Gasteiger partial charge is 0.334 e. The third kappa shape index (κ3) is 2.45. The van der Waals surface area contributed by atoms with Crippen LogP contribution in [0.5, 0.6) is 0 Å². The summed E-state index contributed by atoms with van der Waals surface area (Å²) >= 11 is 1.56. The standard InChI is InChI=1S/C14H17NO4S/c1-8-6-15(7-10(19-8)14(17)18)13(16)12-5-9-3-2-4-11(9)20-12/h5,8,10H,2-4,6-7H2,1H3,(H,17,18)/t8-,10?/m1/s1. The predicted molar refractivity (Wildman–Crippen MR) is 74.2 cm³/mol. The fraction of sp³-hybridized carbons (Fsp3) is 0.571. The summed E-state index contributed by atoms with van der Waals surface area (Å²) < 4.78 is 5.34. The third-order valence-corrected chi connectivity index (χ3v) is 5.01. The van der Waals surface area contributed by atoms with E-state index in [1.165, 1.54) is 16.9 Å². The van der Waals surface area contributed by atoms with Crippen molar-refractivity contribution >= 4 is 23.2 Å². The van der Waals surface area contributed by atoms with Crippen LogP contribution in [0.2, 0.25) is 0 Å². The monoisotopic (exact) mass is 295 g/mol. The Balaban J connectivity index is 1.77. The number of rotatable bonds is 2. The lowest BCUT2D eigenvalue weighted by Gasteiger charge is -2.34. The Bertz CT molecular complexity index is 532. The Labute approximate surface area is 121 Å². The zero-order valence-electron chi connectivity index (χ0n) is 11.3. The van der Waals surface area contributed by atoms with Crippen LogP contribution in [0.15, 0.2) is 6.07 Å². The summed E-state index contributed by atoms with van der Waals surface area (Å²) in [4.78, 5) is 27.2. The van der Waals surface area contributed by atoms with E-state index in [0.717, 1.165) is 17.7 Å². The Morgan fingerprint density at radius 2 is 2.20 bits per heavy atom. The molecule has 3 rings (SSSR count). The molecule has 20 heavy (non-hydrogen) atoms. The molecule has 2 aliphatic rings. The average Bonchev–Trinajstić information content (AvgIpc) is 2.97. The van der Waals surface area contributed by atoms with Crippen LogP contribution in [0.3, 0.4) is 0 Å². The highest BCUT2D eigenvalue weighted by Gasteiger charge is 2.33. The number of hydrogen-bond acceptors (Lipinski definition) is 4. The number of amides is 1. The number of carboxylic acid groups (broad SMARTS) is 1. The van der Waals surface area contributed by atoms with Gasteiger partial charge in [-0.2, -0.15) is 0 Å². The minimum absolute atomic E-state index is 0.0641. The maximum atomic E-state index is 12.5. The SMILES string of the molecule is C[C@@H]1CN(C(=O)c2cc3c(s2)CCC3)CC(C(=O)O)O1. The summed E-state index contributed by atoms with van der Waals surface area (Å²) in [6.45, 7) is 2.37. The van der Waals surface area contributed by atoms with Crippen LogP contribution in [0.4, 0.5) is 0 Å². The number of aliphatic carboxylic acids is 1. The van der Waals surface area contributed by atoms with E-state index in [1.54, 1.807) is 23.2 Å². The second-order valence-corrected chi connectivity index (χ2v) is 6.53. The maximum Gasteiger partial charge on any atom is 0.334 e. The Kier molecular flexibility index (Phi) is 3.52. The van der Waals surface area contributed by atoms with Gasteiger partial charge in [-0.15, -0.1) is 11.3 Å². The van der Waals surface area contributed by atoms with E-state index in [4.69, 9.17) is 9.84 Å². The molecule has 1 saturated heterocycles. The van der Waals surface area contributed by atoms with E-state index in [2.05, 4.69) is 0 Å². The van der Waals surface area contributed by atoms with E-state index in [1.807, 2.05) is 6.07 Å². The number of nitrogens with zero attached hydrogens (tertiary/aromatic N) is 1. The van der Waals surface area contributed by atoms with Gasteiger partial charge in [0.2, 0.25) is 0 Å². The van der Waals surface area contributed by atoms with E-state index in [-0.39, 0.29) is 18.6 Å². The van der Waals surface area contributed by atoms with Crippen molar-refractivity contribution in [2.24, 2.45) is 0 Å². The zero-order chi connectivity index (χ0) is 14.3. The van der Waals surface area contributed by atoms with Gasteiger partial charge in [-0.1, -0.05) is 0 Å². The van der Waals surface area contributed by atoms with Gasteiger partial charge >= 0.3 is 5.97 Å². The van der Waals surface area contributed by atoms with Gasteiger partial charge in [-0.25, -0.2) is 4.79 Å². The number of carboxylic acids is 1. The van der Waals surface area contributed by atoms with E-state index in [9.17, 15) is 9.59 Å². The molecule has 0 radical (unpaired) electrons. The van der Waals surface area contributed by atoms with Crippen LogP contribution in [0, 0.1) is 0 Å². The second kappa shape index (κ2) is 5.18. The van der Waals surface area contributed by atoms with Crippen molar-refractivity contribution in [3.8, 4) is 0 Å². The van der Waals surface area contributed by atoms with Crippen molar-refractivity contribution in [1.82, 2.24) is 4.90 Å². The highest BCUT2D eigenvalue weighted by molar-refractivity contribution is 7.14. The first-order valence-electron chi connectivity index (χ1n) is 6.83. The number of fused-ring (bicyclic) bond motifs is 1. The zero-order valence-corrected chi connectivity index (χ0v) is 12.1. The van der Waals surface area contributed by atoms with Crippen LogP contribution in [-0.2, 0) is 22.4 Å². The van der Waals surface area contributed by atoms with Gasteiger partial charge in [0.15, 0.2) is 6.10 Å². The Hall–Kier alpha value is -1.40. The van der Waals surface area contributed by atoms with Crippen molar-refractivity contribution in [3.05, 3.63) is 21.4 Å². The molecule has 1 fully saturated rings. The van der Waals surface area contributed by atoms with Crippen molar-refractivity contribution < 1.29 is 19.4 Å². The highest BCUT2D eigenvalue weighted by atomic mass is 32.1. The van der Waals surface area contributed by atoms with Crippen LogP contribution in [-0.4, -0.2) is 47.2 Å². The first-order valence-corrected chi connectivity index (χ1v) is 7.65. The van der Waals surface area contributed by atoms with E-state index in [0.29, 0.717) is 6.54 Å². The number of hydrogen-bond donors (Lipinski definition) is 1. The predicted octanol–water partition coefficient (Wildman–Crippen LogP) is 1.55. The number of thiophene rings is 1. The average molecular weight is 295 g/mol. The van der Waals surface area contributed by atoms with Gasteiger partial charge in [0.25, 0.3) is 5.91 Å². The van der Waals surface area contributed by atoms with Crippen molar-refractivity contribution in [2.75, 3.05) is 13.1 Å². The molecule has 2 heterocycles. The molecule has 1 aromatic rings. The number of carbonyl (C=O) groups excluding carboxylic acids is 1. The molecule has 108 valence electrons. The van der Waals surface area contributed by atoms with Gasteiger partial charge in [0.1, 0.15) is 0 Å². The minimum Gasteiger partial charge on any atom is -0.479 e. The molecule has 1 unspecified atom stereocenters. The molecule has 1 amide bonds. The molecule has 1 aliphatic heterocycles. The molecule has 1 aliphatic carbocycles. The molecule has 1 aromatic heterocycles. The van der Waals surface area contributed by atoms with Crippen molar-refractivity contribution in [3.63, 3.8) is 0 Å². The normalized spacial score (nSPS) is 25.6. The van der Waals surface area contributed by atoms with E-state index >= 15 is 0 Å². The fourth-order valence-electron chi connectivity index (χ4n) is 2.84. The van der Waals surface area contributed by atoms with Gasteiger partial charge in [0, 0.05) is 11.4 Å². The fourth-order valence-corrected chi connectivity index (χ4v) is 4.07. The first kappa shape index (κ1) is 13.6. The molecular formula is C14H17NO4S. The summed E-state index contributed by atoms with van der Waals surface area (Å²) in [6.07, 6.45) is 2.11. The van der Waals surface area contributed by atoms with Gasteiger partial charge in [-0.05, 0) is 37.8 Å². The molecule has 2 atom stereocenters. The van der Waals surface area contributed by atoms with Gasteiger partial charge < -0.3 is 14.7 Å². The Morgan fingerprint density at radius 1 is 1.40 bits per heavy atom. The van der Waals surface area contributed by atoms with E-state index < -0.39 is 12.1 Å². The first-order chi connectivity index (χ1) is 9.54. The lowest BCUT2D eigenvalue weighted by Crippen LogP contribution is -2.51. The van der Waals surface area contributed by atoms with Crippen LogP contribution < -0.4 is 0 Å². The van der Waals surface area contributed by atoms with Crippen LogP contribution in [0.1, 0.15) is 33.5 Å². The minimum atomic E-state index is -1.01. The third-order valence-electron chi connectivity index (χ3n) is 3.78. The topological polar surface area (TPSA) is 66.8 Å². The lowest BCUT2D eigenvalue weighted by molar-refractivity contribution is -0.160. The van der Waals surface area contributed by atoms with Crippen molar-refractivity contribution in [1.29, 1.82) is 0 Å². The number of ether oxygens (including phenoxy) is 1. The van der Waals surface area contributed by atoms with Crippen LogP contribution in [0.25, 0.3) is 0 Å². The molecule has 0 spiro atoms. The summed E-state index contributed by atoms with van der Waals surface area (Å²) in [7, 11) is 0. The molecule has 6 heteroatoms. The second-order valence-electron chi connectivity index (χ2n) is 5.40. The highest BCUT2D eigenvalue weighted by Crippen LogP contribution is 2.31. The molecule has 1 N–H and O–H groups in total. The summed E-state index contributed by atoms with van der Waals surface area (Å²) in [5, 5.41) is 9.06. The molecular weight excluding hydrogens is 278 g/mol. The molecule has 5 nitrogen and oxygen atoms in total. The number of aryl methyl sites for hydroxylation is 2. The summed E-state index contributed by atoms with van der Waals surface area (Å²) in [5.74, 6) is -1.08. The summed E-state index contributed by atoms with van der Waals surface area (Å²) in [5.41, 5.74) is 1.29. The Morgan fingerprint density at radius 3 is 2.90 bits per heavy atom. The number of carbonyl (C=O) groups is 2. The maximum absolute atomic E-state index is 12.5. The summed E-state index contributed by atoms with van der Waals surface area (Å²) in [6, 6.07) is 1.98. The molecule has 0 saturated carbocycles. The van der Waals surface area contributed by atoms with Crippen LogP contribution >= 0.6 is 11.3 Å². The van der Waals surface area contributed by atoms with Gasteiger partial charge in [-0.3, -0.25) is 4.79 Å². The molecule has 0 aromatic carbocycles. The van der Waals surface area contributed by atoms with Crippen molar-refractivity contribution in [2.45, 2.75) is 38.4 Å².